The maximum atomic E-state index is 6.41. The molecular weight excluding hydrogens is 428 g/mol. The second-order valence-corrected chi connectivity index (χ2v) is 8.40. The van der Waals surface area contributed by atoms with Crippen LogP contribution in [0.2, 0.25) is 0 Å². The van der Waals surface area contributed by atoms with E-state index in [9.17, 15) is 0 Å². The molecule has 34 heavy (non-hydrogen) atoms. The van der Waals surface area contributed by atoms with Gasteiger partial charge in [-0.25, -0.2) is 0 Å². The summed E-state index contributed by atoms with van der Waals surface area (Å²) >= 11 is 0. The molecule has 6 heteroatoms. The molecule has 0 radical (unpaired) electrons. The molecule has 5 aromatic rings. The van der Waals surface area contributed by atoms with Crippen LogP contribution >= 0.6 is 0 Å². The van der Waals surface area contributed by atoms with Crippen LogP contribution < -0.4 is 9.47 Å². The number of nitrogens with zero attached hydrogens (tertiary/aromatic N) is 1. The monoisotopic (exact) mass is 452 g/mol. The van der Waals surface area contributed by atoms with E-state index in [0.717, 1.165) is 29.7 Å². The number of ether oxygens (including phenoxy) is 3. The molecule has 3 aromatic carbocycles. The van der Waals surface area contributed by atoms with Crippen molar-refractivity contribution >= 4 is 10.9 Å². The van der Waals surface area contributed by atoms with E-state index in [1.165, 1.54) is 27.6 Å². The second kappa shape index (κ2) is 8.72. The maximum Gasteiger partial charge on any atom is 0.256 e. The van der Waals surface area contributed by atoms with E-state index in [2.05, 4.69) is 52.6 Å². The lowest BCUT2D eigenvalue weighted by molar-refractivity contribution is 0.0453. The van der Waals surface area contributed by atoms with Gasteiger partial charge in [0.1, 0.15) is 11.9 Å². The minimum absolute atomic E-state index is 0.0364. The van der Waals surface area contributed by atoms with Gasteiger partial charge in [-0.15, -0.1) is 0 Å². The minimum Gasteiger partial charge on any atom is -0.486 e. The summed E-state index contributed by atoms with van der Waals surface area (Å²) in [7, 11) is 1.56. The number of hydrogen-bond donors (Lipinski definition) is 1. The molecule has 1 atom stereocenters. The molecule has 1 aliphatic carbocycles. The largest absolute Gasteiger partial charge is 0.486 e. The van der Waals surface area contributed by atoms with Gasteiger partial charge in [-0.2, -0.15) is 0 Å². The predicted molar refractivity (Wildman–Crippen MR) is 130 cm³/mol. The Morgan fingerprint density at radius 1 is 1.00 bits per heavy atom. The fourth-order valence-electron chi connectivity index (χ4n) is 4.67. The van der Waals surface area contributed by atoms with E-state index < -0.39 is 0 Å². The van der Waals surface area contributed by atoms with Crippen LogP contribution in [0.5, 0.6) is 11.6 Å². The SMILES string of the molecule is COCOc1cc(-c2ccc(OC3CCc4c(-c5ccc6cc[nH]c6c5)cccc43)cc2)on1. The highest BCUT2D eigenvalue weighted by Crippen LogP contribution is 2.40. The molecule has 1 N–H and O–H groups in total. The summed E-state index contributed by atoms with van der Waals surface area (Å²) in [6.45, 7) is 0.129. The van der Waals surface area contributed by atoms with Crippen molar-refractivity contribution in [3.8, 4) is 34.1 Å². The van der Waals surface area contributed by atoms with Gasteiger partial charge in [0.25, 0.3) is 5.88 Å². The topological polar surface area (TPSA) is 69.5 Å². The lowest BCUT2D eigenvalue weighted by Crippen LogP contribution is -2.03. The zero-order valence-electron chi connectivity index (χ0n) is 18.8. The van der Waals surface area contributed by atoms with Crippen LogP contribution in [0.15, 0.2) is 83.5 Å². The molecule has 170 valence electrons. The smallest absolute Gasteiger partial charge is 0.256 e. The molecule has 2 aromatic heterocycles. The average Bonchev–Trinajstić information content (AvgIpc) is 3.63. The lowest BCUT2D eigenvalue weighted by Gasteiger charge is -2.16. The summed E-state index contributed by atoms with van der Waals surface area (Å²) in [5.74, 6) is 1.86. The zero-order chi connectivity index (χ0) is 22.9. The van der Waals surface area contributed by atoms with Crippen molar-refractivity contribution in [2.75, 3.05) is 13.9 Å². The number of nitrogens with one attached hydrogen (secondary N) is 1. The molecule has 1 aliphatic rings. The van der Waals surface area contributed by atoms with Crippen molar-refractivity contribution in [3.63, 3.8) is 0 Å². The Bertz CT molecular complexity index is 1430. The molecule has 0 amide bonds. The molecule has 0 bridgehead atoms. The van der Waals surface area contributed by atoms with Gasteiger partial charge < -0.3 is 23.7 Å². The maximum absolute atomic E-state index is 6.41. The van der Waals surface area contributed by atoms with Crippen LogP contribution in [0, 0.1) is 0 Å². The van der Waals surface area contributed by atoms with E-state index in [0.29, 0.717) is 11.6 Å². The van der Waals surface area contributed by atoms with Crippen molar-refractivity contribution in [3.05, 3.63) is 90.1 Å². The standard InChI is InChI=1S/C28H24N2O4/c1-31-17-32-28-16-27(34-30-28)19-7-9-21(10-8-19)33-26-12-11-23-22(3-2-4-24(23)26)20-6-5-18-13-14-29-25(18)15-20/h2-10,13-16,26,29H,11-12,17H2,1H3. The molecule has 0 saturated carbocycles. The van der Waals surface area contributed by atoms with Crippen LogP contribution in [0.25, 0.3) is 33.4 Å². The van der Waals surface area contributed by atoms with Crippen molar-refractivity contribution in [1.29, 1.82) is 0 Å². The summed E-state index contributed by atoms with van der Waals surface area (Å²) in [6, 6.07) is 24.8. The first-order chi connectivity index (χ1) is 16.8. The third-order valence-corrected chi connectivity index (χ3v) is 6.31. The number of aromatic nitrogens is 2. The average molecular weight is 453 g/mol. The Kier molecular flexibility index (Phi) is 5.28. The molecule has 6 rings (SSSR count). The second-order valence-electron chi connectivity index (χ2n) is 8.40. The van der Waals surface area contributed by atoms with Gasteiger partial charge in [0.15, 0.2) is 12.6 Å². The molecule has 0 saturated heterocycles. The highest BCUT2D eigenvalue weighted by Gasteiger charge is 2.26. The third kappa shape index (κ3) is 3.82. The summed E-state index contributed by atoms with van der Waals surface area (Å²) in [5, 5.41) is 5.12. The number of hydrogen-bond acceptors (Lipinski definition) is 5. The van der Waals surface area contributed by atoms with Crippen LogP contribution in [0.3, 0.4) is 0 Å². The number of aromatic amines is 1. The first-order valence-corrected chi connectivity index (χ1v) is 11.3. The Morgan fingerprint density at radius 2 is 1.88 bits per heavy atom. The minimum atomic E-state index is 0.0364. The molecule has 0 aliphatic heterocycles. The first kappa shape index (κ1) is 20.6. The predicted octanol–water partition coefficient (Wildman–Crippen LogP) is 6.54. The van der Waals surface area contributed by atoms with Crippen molar-refractivity contribution in [2.24, 2.45) is 0 Å². The highest BCUT2D eigenvalue weighted by molar-refractivity contribution is 5.85. The summed E-state index contributed by atoms with van der Waals surface area (Å²) < 4.78 is 22.0. The van der Waals surface area contributed by atoms with E-state index in [4.69, 9.17) is 18.7 Å². The molecule has 6 nitrogen and oxygen atoms in total. The van der Waals surface area contributed by atoms with E-state index in [-0.39, 0.29) is 12.9 Å². The molecule has 0 spiro atoms. The number of benzene rings is 3. The van der Waals surface area contributed by atoms with Gasteiger partial charge >= 0.3 is 0 Å². The lowest BCUT2D eigenvalue weighted by atomic mass is 9.96. The molecule has 0 fully saturated rings. The zero-order valence-corrected chi connectivity index (χ0v) is 18.8. The summed E-state index contributed by atoms with van der Waals surface area (Å²) in [4.78, 5) is 3.32. The Hall–Kier alpha value is -4.03. The molecule has 2 heterocycles. The van der Waals surface area contributed by atoms with E-state index >= 15 is 0 Å². The molecular formula is C28H24N2O4. The van der Waals surface area contributed by atoms with Crippen LogP contribution in [-0.2, 0) is 11.2 Å². The normalized spacial score (nSPS) is 14.9. The van der Waals surface area contributed by atoms with Crippen molar-refractivity contribution in [1.82, 2.24) is 10.1 Å². The highest BCUT2D eigenvalue weighted by atomic mass is 16.7. The van der Waals surface area contributed by atoms with E-state index in [1.807, 2.05) is 30.5 Å². The Labute approximate surface area is 197 Å². The van der Waals surface area contributed by atoms with E-state index in [1.54, 1.807) is 13.2 Å². The Morgan fingerprint density at radius 3 is 2.76 bits per heavy atom. The Balaban J connectivity index is 1.21. The number of H-pyrrole nitrogens is 1. The van der Waals surface area contributed by atoms with Gasteiger partial charge in [-0.3, -0.25) is 0 Å². The third-order valence-electron chi connectivity index (χ3n) is 6.31. The molecule has 1 unspecified atom stereocenters. The van der Waals surface area contributed by atoms with Crippen LogP contribution in [0.1, 0.15) is 23.7 Å². The number of fused-ring (bicyclic) bond motifs is 2. The summed E-state index contributed by atoms with van der Waals surface area (Å²) in [5.41, 5.74) is 7.22. The summed E-state index contributed by atoms with van der Waals surface area (Å²) in [6.07, 6.45) is 3.98. The number of methoxy groups -OCH3 is 1. The van der Waals surface area contributed by atoms with Gasteiger partial charge in [0, 0.05) is 30.5 Å². The van der Waals surface area contributed by atoms with Gasteiger partial charge in [0.05, 0.1) is 0 Å². The fourth-order valence-corrected chi connectivity index (χ4v) is 4.67. The van der Waals surface area contributed by atoms with Crippen LogP contribution in [0.4, 0.5) is 0 Å². The van der Waals surface area contributed by atoms with Gasteiger partial charge in [-0.1, -0.05) is 30.3 Å². The van der Waals surface area contributed by atoms with Crippen molar-refractivity contribution in [2.45, 2.75) is 18.9 Å². The van der Waals surface area contributed by atoms with Crippen LogP contribution in [-0.4, -0.2) is 24.0 Å². The quantitative estimate of drug-likeness (QED) is 0.284. The number of rotatable bonds is 7. The fraction of sp³-hybridized carbons (Fsp3) is 0.179. The van der Waals surface area contributed by atoms with Gasteiger partial charge in [0.2, 0.25) is 0 Å². The van der Waals surface area contributed by atoms with Gasteiger partial charge in [-0.05, 0) is 82.0 Å². The van der Waals surface area contributed by atoms with Crippen molar-refractivity contribution < 1.29 is 18.7 Å². The first-order valence-electron chi connectivity index (χ1n) is 11.3.